The third-order valence-corrected chi connectivity index (χ3v) is 4.65. The number of hydrogen-bond donors (Lipinski definition) is 0. The second-order valence-corrected chi connectivity index (χ2v) is 7.02. The minimum absolute atomic E-state index is 0.161. The van der Waals surface area contributed by atoms with Gasteiger partial charge in [-0.05, 0) is 19.8 Å². The molecule has 1 fully saturated rings. The van der Waals surface area contributed by atoms with Gasteiger partial charge in [0.25, 0.3) is 0 Å². The molecule has 1 saturated heterocycles. The van der Waals surface area contributed by atoms with Crippen molar-refractivity contribution in [2.45, 2.75) is 19.8 Å². The number of hydrogen-bond acceptors (Lipinski definition) is 5. The third-order valence-electron chi connectivity index (χ3n) is 3.39. The Balaban J connectivity index is 2.45. The van der Waals surface area contributed by atoms with Crippen LogP contribution in [0.2, 0.25) is 0 Å². The van der Waals surface area contributed by atoms with E-state index in [1.807, 2.05) is 0 Å². The summed E-state index contributed by atoms with van der Waals surface area (Å²) < 4.78 is 28.5. The van der Waals surface area contributed by atoms with Crippen LogP contribution in [0.25, 0.3) is 0 Å². The van der Waals surface area contributed by atoms with Crippen molar-refractivity contribution in [2.24, 2.45) is 5.92 Å². The van der Waals surface area contributed by atoms with Crippen molar-refractivity contribution in [2.75, 3.05) is 39.5 Å². The number of rotatable bonds is 5. The van der Waals surface area contributed by atoms with Crippen molar-refractivity contribution in [1.29, 1.82) is 0 Å². The highest BCUT2D eigenvalue weighted by molar-refractivity contribution is 7.88. The number of carbonyl (C=O) groups is 2. The molecule has 0 aromatic heterocycles. The van der Waals surface area contributed by atoms with Gasteiger partial charge in [-0.1, -0.05) is 0 Å². The molecule has 0 aliphatic carbocycles. The van der Waals surface area contributed by atoms with E-state index in [2.05, 4.69) is 0 Å². The molecule has 0 atom stereocenters. The number of piperidine rings is 1. The second kappa shape index (κ2) is 7.03. The van der Waals surface area contributed by atoms with E-state index in [1.54, 1.807) is 11.8 Å². The number of sulfonamides is 1. The monoisotopic (exact) mass is 306 g/mol. The quantitative estimate of drug-likeness (QED) is 0.650. The second-order valence-electron chi connectivity index (χ2n) is 4.93. The van der Waals surface area contributed by atoms with Crippen LogP contribution in [-0.2, 0) is 24.3 Å². The molecule has 20 heavy (non-hydrogen) atoms. The van der Waals surface area contributed by atoms with Crippen molar-refractivity contribution in [3.63, 3.8) is 0 Å². The number of carbonyl (C=O) groups excluding carboxylic acids is 2. The summed E-state index contributed by atoms with van der Waals surface area (Å²) in [5, 5.41) is 0. The first-order valence-electron chi connectivity index (χ1n) is 6.61. The van der Waals surface area contributed by atoms with Gasteiger partial charge < -0.3 is 9.64 Å². The first kappa shape index (κ1) is 16.9. The highest BCUT2D eigenvalue weighted by Gasteiger charge is 2.29. The van der Waals surface area contributed by atoms with Gasteiger partial charge in [-0.2, -0.15) is 4.31 Å². The minimum atomic E-state index is -3.36. The van der Waals surface area contributed by atoms with Crippen LogP contribution in [0.4, 0.5) is 0 Å². The fourth-order valence-corrected chi connectivity index (χ4v) is 2.38. The maximum Gasteiger partial charge on any atom is 0.309 e. The number of amides is 1. The topological polar surface area (TPSA) is 84.0 Å². The lowest BCUT2D eigenvalue weighted by atomic mass is 9.97. The molecular weight excluding hydrogens is 284 g/mol. The molecule has 0 N–H and O–H groups in total. The predicted molar refractivity (Wildman–Crippen MR) is 73.4 cm³/mol. The van der Waals surface area contributed by atoms with E-state index in [0.717, 1.165) is 10.6 Å². The minimum Gasteiger partial charge on any atom is -0.466 e. The molecule has 0 radical (unpaired) electrons. The Labute approximate surface area is 119 Å². The third kappa shape index (κ3) is 4.75. The molecule has 0 unspecified atom stereocenters. The Hall–Kier alpha value is -1.15. The Morgan fingerprint density at radius 3 is 2.30 bits per heavy atom. The van der Waals surface area contributed by atoms with Gasteiger partial charge in [-0.3, -0.25) is 9.59 Å². The van der Waals surface area contributed by atoms with Gasteiger partial charge in [-0.25, -0.2) is 8.42 Å². The predicted octanol–water partition coefficient (Wildman–Crippen LogP) is -0.320. The Morgan fingerprint density at radius 2 is 1.85 bits per heavy atom. The van der Waals surface area contributed by atoms with Crippen LogP contribution >= 0.6 is 0 Å². The van der Waals surface area contributed by atoms with Crippen LogP contribution in [0.1, 0.15) is 19.8 Å². The summed E-state index contributed by atoms with van der Waals surface area (Å²) in [6.45, 7) is 2.87. The van der Waals surface area contributed by atoms with Gasteiger partial charge in [0.2, 0.25) is 15.9 Å². The SMILES string of the molecule is CCOC(=O)C1CCN(C(=O)CN(C)S(C)(=O)=O)CC1. The van der Waals surface area contributed by atoms with Crippen molar-refractivity contribution in [1.82, 2.24) is 9.21 Å². The van der Waals surface area contributed by atoms with Crippen LogP contribution in [-0.4, -0.2) is 69.0 Å². The first-order chi connectivity index (χ1) is 9.25. The van der Waals surface area contributed by atoms with E-state index in [-0.39, 0.29) is 24.3 Å². The van der Waals surface area contributed by atoms with Crippen molar-refractivity contribution >= 4 is 21.9 Å². The maximum absolute atomic E-state index is 12.0. The highest BCUT2D eigenvalue weighted by Crippen LogP contribution is 2.18. The lowest BCUT2D eigenvalue weighted by Gasteiger charge is -2.31. The molecular formula is C12H22N2O5S. The summed E-state index contributed by atoms with van der Waals surface area (Å²) in [6, 6.07) is 0. The lowest BCUT2D eigenvalue weighted by molar-refractivity contribution is -0.151. The van der Waals surface area contributed by atoms with Gasteiger partial charge >= 0.3 is 5.97 Å². The number of ether oxygens (including phenoxy) is 1. The molecule has 0 aromatic carbocycles. The van der Waals surface area contributed by atoms with Gasteiger partial charge in [-0.15, -0.1) is 0 Å². The lowest BCUT2D eigenvalue weighted by Crippen LogP contribution is -2.45. The Kier molecular flexibility index (Phi) is 5.94. The summed E-state index contributed by atoms with van der Waals surface area (Å²) >= 11 is 0. The highest BCUT2D eigenvalue weighted by atomic mass is 32.2. The maximum atomic E-state index is 12.0. The van der Waals surface area contributed by atoms with E-state index in [1.165, 1.54) is 7.05 Å². The average molecular weight is 306 g/mol. The van der Waals surface area contributed by atoms with E-state index < -0.39 is 10.0 Å². The van der Waals surface area contributed by atoms with Crippen molar-refractivity contribution < 1.29 is 22.7 Å². The van der Waals surface area contributed by atoms with Crippen molar-refractivity contribution in [3.05, 3.63) is 0 Å². The summed E-state index contributed by atoms with van der Waals surface area (Å²) in [4.78, 5) is 25.1. The Bertz CT molecular complexity index is 454. The zero-order chi connectivity index (χ0) is 15.3. The molecule has 0 saturated carbocycles. The summed E-state index contributed by atoms with van der Waals surface area (Å²) in [7, 11) is -1.98. The summed E-state index contributed by atoms with van der Waals surface area (Å²) in [5.41, 5.74) is 0. The van der Waals surface area contributed by atoms with Gasteiger partial charge in [0.15, 0.2) is 0 Å². The molecule has 1 amide bonds. The molecule has 1 heterocycles. The van der Waals surface area contributed by atoms with Crippen LogP contribution < -0.4 is 0 Å². The zero-order valence-corrected chi connectivity index (χ0v) is 13.0. The normalized spacial score (nSPS) is 17.3. The van der Waals surface area contributed by atoms with Crippen LogP contribution in [0.15, 0.2) is 0 Å². The van der Waals surface area contributed by atoms with E-state index in [0.29, 0.717) is 32.5 Å². The van der Waals surface area contributed by atoms with Crippen LogP contribution in [0.3, 0.4) is 0 Å². The molecule has 0 aromatic rings. The number of esters is 1. The molecule has 8 heteroatoms. The standard InChI is InChI=1S/C12H22N2O5S/c1-4-19-12(16)10-5-7-14(8-6-10)11(15)9-13(2)20(3,17)18/h10H,4-9H2,1-3H3. The van der Waals surface area contributed by atoms with Crippen molar-refractivity contribution in [3.8, 4) is 0 Å². The molecule has 1 rings (SSSR count). The van der Waals surface area contributed by atoms with E-state index in [9.17, 15) is 18.0 Å². The molecule has 1 aliphatic heterocycles. The van der Waals surface area contributed by atoms with Crippen LogP contribution in [0, 0.1) is 5.92 Å². The molecule has 116 valence electrons. The van der Waals surface area contributed by atoms with E-state index >= 15 is 0 Å². The smallest absolute Gasteiger partial charge is 0.309 e. The number of nitrogens with zero attached hydrogens (tertiary/aromatic N) is 2. The van der Waals surface area contributed by atoms with Gasteiger partial charge in [0.05, 0.1) is 25.3 Å². The average Bonchev–Trinajstić information content (AvgIpc) is 2.38. The first-order valence-corrected chi connectivity index (χ1v) is 8.46. The number of likely N-dealkylation sites (N-methyl/N-ethyl adjacent to an activating group) is 1. The summed E-state index contributed by atoms with van der Waals surface area (Å²) in [5.74, 6) is -0.611. The Morgan fingerprint density at radius 1 is 1.30 bits per heavy atom. The molecule has 0 spiro atoms. The molecule has 1 aliphatic rings. The fraction of sp³-hybridized carbons (Fsp3) is 0.833. The number of likely N-dealkylation sites (tertiary alicyclic amines) is 1. The van der Waals surface area contributed by atoms with E-state index in [4.69, 9.17) is 4.74 Å². The zero-order valence-electron chi connectivity index (χ0n) is 12.2. The molecule has 0 bridgehead atoms. The van der Waals surface area contributed by atoms with Gasteiger partial charge in [0, 0.05) is 20.1 Å². The largest absolute Gasteiger partial charge is 0.466 e. The molecule has 7 nitrogen and oxygen atoms in total. The van der Waals surface area contributed by atoms with Gasteiger partial charge in [0.1, 0.15) is 0 Å². The van der Waals surface area contributed by atoms with Crippen LogP contribution in [0.5, 0.6) is 0 Å². The summed E-state index contributed by atoms with van der Waals surface area (Å²) in [6.07, 6.45) is 2.19. The fourth-order valence-electron chi connectivity index (χ4n) is 2.03.